The van der Waals surface area contributed by atoms with Gasteiger partial charge in [-0.2, -0.15) is 0 Å². The van der Waals surface area contributed by atoms with Gasteiger partial charge in [0.1, 0.15) is 12.6 Å². The molecule has 1 aliphatic carbocycles. The molecule has 0 aromatic heterocycles. The van der Waals surface area contributed by atoms with E-state index in [1.807, 2.05) is 50.2 Å². The molecule has 0 saturated heterocycles. The second-order valence-electron chi connectivity index (χ2n) is 10.2. The number of carbonyl (C=O) groups is 2. The predicted molar refractivity (Wildman–Crippen MR) is 166 cm³/mol. The smallest absolute Gasteiger partial charge is 0.264 e. The largest absolute Gasteiger partial charge is 0.352 e. The molecule has 0 unspecified atom stereocenters. The van der Waals surface area contributed by atoms with Crippen molar-refractivity contribution in [2.24, 2.45) is 0 Å². The Bertz CT molecular complexity index is 1410. The van der Waals surface area contributed by atoms with Gasteiger partial charge in [-0.05, 0) is 96.3 Å². The summed E-state index contributed by atoms with van der Waals surface area (Å²) in [6.45, 7) is 3.62. The number of sulfonamides is 1. The molecule has 3 aromatic rings. The third-order valence-corrected chi connectivity index (χ3v) is 9.92. The predicted octanol–water partition coefficient (Wildman–Crippen LogP) is 5.66. The molecule has 0 spiro atoms. The molecule has 1 atom stereocenters. The molecule has 4 rings (SSSR count). The van der Waals surface area contributed by atoms with Crippen molar-refractivity contribution in [1.82, 2.24) is 10.2 Å². The topological polar surface area (TPSA) is 86.8 Å². The van der Waals surface area contributed by atoms with E-state index in [0.717, 1.165) is 44.7 Å². The van der Waals surface area contributed by atoms with Crippen LogP contribution in [0.4, 0.5) is 5.69 Å². The number of nitrogens with one attached hydrogen (secondary N) is 1. The molecule has 9 heteroatoms. The molecular weight excluding hydrogens is 637 g/mol. The van der Waals surface area contributed by atoms with Crippen LogP contribution in [-0.4, -0.2) is 43.8 Å². The number of hydrogen-bond donors (Lipinski definition) is 1. The minimum absolute atomic E-state index is 0.0952. The number of anilines is 1. The maximum atomic E-state index is 14.2. The second kappa shape index (κ2) is 13.6. The van der Waals surface area contributed by atoms with E-state index in [9.17, 15) is 18.0 Å². The Hall–Kier alpha value is -2.92. The minimum atomic E-state index is -4.07. The number of benzene rings is 3. The summed E-state index contributed by atoms with van der Waals surface area (Å²) in [5, 5.41) is 3.15. The van der Waals surface area contributed by atoms with Gasteiger partial charge in [-0.3, -0.25) is 13.9 Å². The van der Waals surface area contributed by atoms with Gasteiger partial charge in [0.05, 0.1) is 10.6 Å². The lowest BCUT2D eigenvalue weighted by molar-refractivity contribution is -0.140. The van der Waals surface area contributed by atoms with E-state index in [1.54, 1.807) is 35.2 Å². The van der Waals surface area contributed by atoms with E-state index in [-0.39, 0.29) is 23.4 Å². The molecule has 1 aliphatic rings. The molecule has 0 heterocycles. The van der Waals surface area contributed by atoms with Crippen LogP contribution in [0.25, 0.3) is 0 Å². The molecule has 40 heavy (non-hydrogen) atoms. The first kappa shape index (κ1) is 30.0. The van der Waals surface area contributed by atoms with Crippen molar-refractivity contribution in [2.45, 2.75) is 69.5 Å². The van der Waals surface area contributed by atoms with E-state index in [2.05, 4.69) is 27.9 Å². The Morgan fingerprint density at radius 1 is 0.950 bits per heavy atom. The maximum absolute atomic E-state index is 14.2. The molecule has 212 valence electrons. The van der Waals surface area contributed by atoms with E-state index in [4.69, 9.17) is 0 Å². The Kier molecular flexibility index (Phi) is 10.2. The van der Waals surface area contributed by atoms with E-state index in [0.29, 0.717) is 12.1 Å². The number of aryl methyl sites for hydroxylation is 1. The molecule has 1 saturated carbocycles. The first-order valence-electron chi connectivity index (χ1n) is 13.7. The molecule has 1 fully saturated rings. The molecule has 1 N–H and O–H groups in total. The van der Waals surface area contributed by atoms with Gasteiger partial charge in [0.2, 0.25) is 11.8 Å². The van der Waals surface area contributed by atoms with E-state index >= 15 is 0 Å². The third kappa shape index (κ3) is 7.23. The summed E-state index contributed by atoms with van der Waals surface area (Å²) in [6.07, 6.45) is 4.44. The first-order valence-corrected chi connectivity index (χ1v) is 16.2. The summed E-state index contributed by atoms with van der Waals surface area (Å²) in [7, 11) is -4.07. The Balaban J connectivity index is 1.71. The minimum Gasteiger partial charge on any atom is -0.352 e. The van der Waals surface area contributed by atoms with Crippen molar-refractivity contribution in [3.05, 3.63) is 93.6 Å². The highest BCUT2D eigenvalue weighted by Crippen LogP contribution is 2.26. The van der Waals surface area contributed by atoms with Crippen LogP contribution in [0, 0.1) is 10.5 Å². The summed E-state index contributed by atoms with van der Waals surface area (Å²) >= 11 is 2.16. The van der Waals surface area contributed by atoms with E-state index in [1.165, 1.54) is 12.1 Å². The van der Waals surface area contributed by atoms with Gasteiger partial charge >= 0.3 is 0 Å². The fourth-order valence-corrected chi connectivity index (χ4v) is 6.91. The normalized spacial score (nSPS) is 14.5. The Labute approximate surface area is 251 Å². The van der Waals surface area contributed by atoms with Gasteiger partial charge in [0, 0.05) is 16.2 Å². The first-order chi connectivity index (χ1) is 19.2. The number of nitrogens with zero attached hydrogens (tertiary/aromatic N) is 2. The van der Waals surface area contributed by atoms with Gasteiger partial charge in [-0.1, -0.05) is 62.2 Å². The fraction of sp³-hybridized carbons (Fsp3) is 0.355. The molecule has 3 aromatic carbocycles. The van der Waals surface area contributed by atoms with Crippen LogP contribution in [0.5, 0.6) is 0 Å². The molecular formula is C31H36IN3O4S. The zero-order valence-corrected chi connectivity index (χ0v) is 25.9. The molecule has 2 amide bonds. The van der Waals surface area contributed by atoms with Crippen molar-refractivity contribution in [3.63, 3.8) is 0 Å². The lowest BCUT2D eigenvalue weighted by Gasteiger charge is -2.34. The number of rotatable bonds is 11. The zero-order valence-electron chi connectivity index (χ0n) is 22.9. The van der Waals surface area contributed by atoms with Crippen molar-refractivity contribution >= 4 is 50.1 Å². The highest BCUT2D eigenvalue weighted by atomic mass is 127. The lowest BCUT2D eigenvalue weighted by Crippen LogP contribution is -2.53. The highest BCUT2D eigenvalue weighted by molar-refractivity contribution is 14.1. The van der Waals surface area contributed by atoms with Crippen LogP contribution in [0.15, 0.2) is 83.8 Å². The molecule has 0 bridgehead atoms. The molecule has 0 radical (unpaired) electrons. The highest BCUT2D eigenvalue weighted by Gasteiger charge is 2.34. The van der Waals surface area contributed by atoms with E-state index < -0.39 is 28.5 Å². The summed E-state index contributed by atoms with van der Waals surface area (Å²) in [6, 6.07) is 22.2. The van der Waals surface area contributed by atoms with Gasteiger partial charge in [-0.25, -0.2) is 8.42 Å². The standard InChI is InChI=1S/C31H36IN3O4S/c1-3-29(31(37)33-26-13-9-10-14-26)34(21-24-12-8-7-11-23(24)2)30(36)22-35(27-19-17-25(32)18-20-27)40(38,39)28-15-5-4-6-16-28/h4-8,11-12,15-20,26,29H,3,9-10,13-14,21-22H2,1-2H3,(H,33,37)/t29-/m1/s1. The molecule has 7 nitrogen and oxygen atoms in total. The number of carbonyl (C=O) groups excluding carboxylic acids is 2. The van der Waals surface area contributed by atoms with Gasteiger partial charge in [0.15, 0.2) is 0 Å². The Morgan fingerprint density at radius 3 is 2.20 bits per heavy atom. The number of hydrogen-bond acceptors (Lipinski definition) is 4. The quantitative estimate of drug-likeness (QED) is 0.266. The van der Waals surface area contributed by atoms with Crippen LogP contribution in [-0.2, 0) is 26.2 Å². The van der Waals surface area contributed by atoms with Crippen molar-refractivity contribution in [1.29, 1.82) is 0 Å². The van der Waals surface area contributed by atoms with Gasteiger partial charge in [-0.15, -0.1) is 0 Å². The monoisotopic (exact) mass is 673 g/mol. The van der Waals surface area contributed by atoms with Crippen molar-refractivity contribution in [2.75, 3.05) is 10.8 Å². The van der Waals surface area contributed by atoms with Gasteiger partial charge in [0.25, 0.3) is 10.0 Å². The van der Waals surface area contributed by atoms with Crippen molar-refractivity contribution in [3.8, 4) is 0 Å². The zero-order chi connectivity index (χ0) is 28.7. The average Bonchev–Trinajstić information content (AvgIpc) is 3.46. The number of amides is 2. The second-order valence-corrected chi connectivity index (χ2v) is 13.3. The summed E-state index contributed by atoms with van der Waals surface area (Å²) < 4.78 is 29.8. The maximum Gasteiger partial charge on any atom is 0.264 e. The van der Waals surface area contributed by atoms with Crippen LogP contribution in [0.2, 0.25) is 0 Å². The van der Waals surface area contributed by atoms with Gasteiger partial charge < -0.3 is 10.2 Å². The lowest BCUT2D eigenvalue weighted by atomic mass is 10.1. The van der Waals surface area contributed by atoms with Crippen LogP contribution < -0.4 is 9.62 Å². The van der Waals surface area contributed by atoms with Crippen LogP contribution in [0.1, 0.15) is 50.2 Å². The fourth-order valence-electron chi connectivity index (χ4n) is 5.11. The average molecular weight is 674 g/mol. The SMILES string of the molecule is CC[C@H](C(=O)NC1CCCC1)N(Cc1ccccc1C)C(=O)CN(c1ccc(I)cc1)S(=O)(=O)c1ccccc1. The van der Waals surface area contributed by atoms with Crippen LogP contribution in [0.3, 0.4) is 0 Å². The number of halogens is 1. The third-order valence-electron chi connectivity index (χ3n) is 7.41. The summed E-state index contributed by atoms with van der Waals surface area (Å²) in [5.74, 6) is -0.627. The summed E-state index contributed by atoms with van der Waals surface area (Å²) in [5.41, 5.74) is 2.30. The van der Waals surface area contributed by atoms with Crippen molar-refractivity contribution < 1.29 is 18.0 Å². The van der Waals surface area contributed by atoms with Crippen LogP contribution >= 0.6 is 22.6 Å². The summed E-state index contributed by atoms with van der Waals surface area (Å²) in [4.78, 5) is 29.3. The Morgan fingerprint density at radius 2 is 1.57 bits per heavy atom. The molecule has 0 aliphatic heterocycles.